The molecule has 1 rings (SSSR count). The summed E-state index contributed by atoms with van der Waals surface area (Å²) in [4.78, 5) is 2.86. The minimum atomic E-state index is -0.524. The molecule has 0 aromatic heterocycles. The Morgan fingerprint density at radius 1 is 1.71 bits per heavy atom. The van der Waals surface area contributed by atoms with Crippen LogP contribution in [0.5, 0.6) is 0 Å². The predicted octanol–water partition coefficient (Wildman–Crippen LogP) is 0.898. The molecule has 1 fully saturated rings. The van der Waals surface area contributed by atoms with Crippen LogP contribution < -0.4 is 5.73 Å². The lowest BCUT2D eigenvalue weighted by molar-refractivity contribution is 0.0623. The van der Waals surface area contributed by atoms with Gasteiger partial charge in [0.1, 0.15) is 0 Å². The summed E-state index contributed by atoms with van der Waals surface area (Å²) in [7, 11) is 0. The molecule has 1 aliphatic rings. The SMILES string of the molecule is CCC(CC(N)=S)N1CCC(C)(O)C1. The van der Waals surface area contributed by atoms with Gasteiger partial charge in [0, 0.05) is 25.6 Å². The van der Waals surface area contributed by atoms with Crippen LogP contribution in [0.15, 0.2) is 0 Å². The summed E-state index contributed by atoms with van der Waals surface area (Å²) in [5.41, 5.74) is 5.02. The minimum Gasteiger partial charge on any atom is -0.393 e. The second kappa shape index (κ2) is 4.55. The summed E-state index contributed by atoms with van der Waals surface area (Å²) in [6, 6.07) is 0.404. The van der Waals surface area contributed by atoms with Gasteiger partial charge in [0.05, 0.1) is 10.6 Å². The summed E-state index contributed by atoms with van der Waals surface area (Å²) >= 11 is 4.92. The molecule has 0 aromatic carbocycles. The molecular formula is C10H20N2OS. The summed E-state index contributed by atoms with van der Waals surface area (Å²) in [5.74, 6) is 0. The molecule has 0 aliphatic carbocycles. The van der Waals surface area contributed by atoms with Gasteiger partial charge in [-0.15, -0.1) is 0 Å². The van der Waals surface area contributed by atoms with Crippen LogP contribution >= 0.6 is 12.2 Å². The van der Waals surface area contributed by atoms with Gasteiger partial charge in [0.15, 0.2) is 0 Å². The fraction of sp³-hybridized carbons (Fsp3) is 0.900. The van der Waals surface area contributed by atoms with E-state index >= 15 is 0 Å². The molecule has 2 unspecified atom stereocenters. The molecule has 0 spiro atoms. The Morgan fingerprint density at radius 2 is 2.36 bits per heavy atom. The summed E-state index contributed by atoms with van der Waals surface area (Å²) in [5, 5.41) is 9.84. The van der Waals surface area contributed by atoms with Crippen LogP contribution in [0.1, 0.15) is 33.1 Å². The highest BCUT2D eigenvalue weighted by Gasteiger charge is 2.34. The van der Waals surface area contributed by atoms with Crippen LogP contribution in [-0.4, -0.2) is 39.7 Å². The van der Waals surface area contributed by atoms with Crippen molar-refractivity contribution in [3.8, 4) is 0 Å². The molecule has 4 heteroatoms. The molecule has 0 aromatic rings. The fourth-order valence-corrected chi connectivity index (χ4v) is 2.25. The Labute approximate surface area is 91.3 Å². The van der Waals surface area contributed by atoms with Gasteiger partial charge in [-0.05, 0) is 19.8 Å². The van der Waals surface area contributed by atoms with Gasteiger partial charge in [0.2, 0.25) is 0 Å². The van der Waals surface area contributed by atoms with E-state index in [2.05, 4.69) is 11.8 Å². The summed E-state index contributed by atoms with van der Waals surface area (Å²) in [6.07, 6.45) is 2.65. The number of likely N-dealkylation sites (tertiary alicyclic amines) is 1. The predicted molar refractivity (Wildman–Crippen MR) is 62.3 cm³/mol. The van der Waals surface area contributed by atoms with Gasteiger partial charge in [0.25, 0.3) is 0 Å². The van der Waals surface area contributed by atoms with Crippen molar-refractivity contribution in [3.05, 3.63) is 0 Å². The van der Waals surface area contributed by atoms with Crippen LogP contribution in [0.2, 0.25) is 0 Å². The number of nitrogens with zero attached hydrogens (tertiary/aromatic N) is 1. The van der Waals surface area contributed by atoms with Gasteiger partial charge in [-0.3, -0.25) is 4.90 Å². The molecular weight excluding hydrogens is 196 g/mol. The molecule has 1 heterocycles. The van der Waals surface area contributed by atoms with E-state index in [1.165, 1.54) is 0 Å². The van der Waals surface area contributed by atoms with Gasteiger partial charge in [-0.1, -0.05) is 19.1 Å². The average Bonchev–Trinajstić information content (AvgIpc) is 2.41. The van der Waals surface area contributed by atoms with Crippen molar-refractivity contribution in [2.75, 3.05) is 13.1 Å². The summed E-state index contributed by atoms with van der Waals surface area (Å²) in [6.45, 7) is 5.72. The van der Waals surface area contributed by atoms with Crippen molar-refractivity contribution in [2.24, 2.45) is 5.73 Å². The zero-order valence-corrected chi connectivity index (χ0v) is 9.81. The Kier molecular flexibility index (Phi) is 3.86. The van der Waals surface area contributed by atoms with Crippen LogP contribution in [0.25, 0.3) is 0 Å². The van der Waals surface area contributed by atoms with Crippen molar-refractivity contribution < 1.29 is 5.11 Å². The van der Waals surface area contributed by atoms with E-state index in [4.69, 9.17) is 18.0 Å². The first-order valence-corrected chi connectivity index (χ1v) is 5.60. The van der Waals surface area contributed by atoms with Gasteiger partial charge >= 0.3 is 0 Å². The van der Waals surface area contributed by atoms with Crippen LogP contribution in [-0.2, 0) is 0 Å². The molecule has 14 heavy (non-hydrogen) atoms. The Bertz CT molecular complexity index is 218. The molecule has 0 radical (unpaired) electrons. The quantitative estimate of drug-likeness (QED) is 0.686. The average molecular weight is 216 g/mol. The molecule has 82 valence electrons. The molecule has 1 aliphatic heterocycles. The molecule has 0 bridgehead atoms. The standard InChI is InChI=1S/C10H20N2OS/c1-3-8(6-9(11)14)12-5-4-10(2,13)7-12/h8,13H,3-7H2,1-2H3,(H2,11,14). The first-order valence-electron chi connectivity index (χ1n) is 5.19. The fourth-order valence-electron chi connectivity index (χ4n) is 2.06. The Balaban J connectivity index is 2.50. The third kappa shape index (κ3) is 3.19. The maximum Gasteiger partial charge on any atom is 0.0758 e. The van der Waals surface area contributed by atoms with E-state index < -0.39 is 5.60 Å². The van der Waals surface area contributed by atoms with Crippen molar-refractivity contribution in [2.45, 2.75) is 44.8 Å². The normalized spacial score (nSPS) is 30.5. The molecule has 3 N–H and O–H groups in total. The number of thiocarbonyl (C=S) groups is 1. The van der Waals surface area contributed by atoms with Gasteiger partial charge in [-0.2, -0.15) is 0 Å². The second-order valence-electron chi connectivity index (χ2n) is 4.45. The third-order valence-electron chi connectivity index (χ3n) is 2.91. The molecule has 0 amide bonds. The highest BCUT2D eigenvalue weighted by atomic mass is 32.1. The Hall–Kier alpha value is -0.190. The van der Waals surface area contributed by atoms with E-state index in [0.717, 1.165) is 32.4 Å². The number of rotatable bonds is 4. The van der Waals surface area contributed by atoms with E-state index in [0.29, 0.717) is 11.0 Å². The highest BCUT2D eigenvalue weighted by Crippen LogP contribution is 2.24. The zero-order chi connectivity index (χ0) is 10.8. The van der Waals surface area contributed by atoms with E-state index in [9.17, 15) is 5.11 Å². The lowest BCUT2D eigenvalue weighted by Gasteiger charge is -2.27. The second-order valence-corrected chi connectivity index (χ2v) is 4.97. The number of nitrogens with two attached hydrogens (primary N) is 1. The first-order chi connectivity index (χ1) is 6.44. The van der Waals surface area contributed by atoms with E-state index in [1.807, 2.05) is 6.92 Å². The Morgan fingerprint density at radius 3 is 2.71 bits per heavy atom. The topological polar surface area (TPSA) is 49.5 Å². The molecule has 2 atom stereocenters. The molecule has 3 nitrogen and oxygen atoms in total. The van der Waals surface area contributed by atoms with Crippen LogP contribution in [0, 0.1) is 0 Å². The van der Waals surface area contributed by atoms with Crippen molar-refractivity contribution in [1.82, 2.24) is 4.90 Å². The largest absolute Gasteiger partial charge is 0.393 e. The monoisotopic (exact) mass is 216 g/mol. The van der Waals surface area contributed by atoms with Gasteiger partial charge in [-0.25, -0.2) is 0 Å². The van der Waals surface area contributed by atoms with Crippen molar-refractivity contribution in [1.29, 1.82) is 0 Å². The number of hydrogen-bond acceptors (Lipinski definition) is 3. The van der Waals surface area contributed by atoms with Crippen LogP contribution in [0.3, 0.4) is 0 Å². The zero-order valence-electron chi connectivity index (χ0n) is 8.99. The number of aliphatic hydroxyl groups is 1. The number of β-amino-alcohol motifs (C(OH)–C–C–N with tert-alkyl or cyclic N) is 1. The van der Waals surface area contributed by atoms with E-state index in [-0.39, 0.29) is 0 Å². The maximum atomic E-state index is 9.84. The number of hydrogen-bond donors (Lipinski definition) is 2. The first kappa shape index (κ1) is 11.9. The molecule has 1 saturated heterocycles. The van der Waals surface area contributed by atoms with Crippen molar-refractivity contribution in [3.63, 3.8) is 0 Å². The minimum absolute atomic E-state index is 0.404. The lowest BCUT2D eigenvalue weighted by Crippen LogP contribution is -2.38. The van der Waals surface area contributed by atoms with Crippen molar-refractivity contribution >= 4 is 17.2 Å². The highest BCUT2D eigenvalue weighted by molar-refractivity contribution is 7.80. The third-order valence-corrected chi connectivity index (χ3v) is 3.07. The van der Waals surface area contributed by atoms with E-state index in [1.54, 1.807) is 0 Å². The molecule has 0 saturated carbocycles. The van der Waals surface area contributed by atoms with Gasteiger partial charge < -0.3 is 10.8 Å². The maximum absolute atomic E-state index is 9.84. The summed E-state index contributed by atoms with van der Waals surface area (Å²) < 4.78 is 0. The van der Waals surface area contributed by atoms with Crippen LogP contribution in [0.4, 0.5) is 0 Å². The lowest BCUT2D eigenvalue weighted by atomic mass is 10.1. The smallest absolute Gasteiger partial charge is 0.0758 e.